The average molecular weight is 462 g/mol. The molecule has 0 bridgehead atoms. The number of ether oxygens (including phenoxy) is 2. The normalized spacial score (nSPS) is 11.0. The summed E-state index contributed by atoms with van der Waals surface area (Å²) < 4.78 is 12.4. The van der Waals surface area contributed by atoms with Crippen LogP contribution in [0.1, 0.15) is 16.8 Å². The van der Waals surface area contributed by atoms with E-state index in [1.165, 1.54) is 11.3 Å². The zero-order chi connectivity index (χ0) is 23.2. The molecule has 0 aliphatic carbocycles. The molecule has 170 valence electrons. The number of amides is 1. The zero-order valence-corrected chi connectivity index (χ0v) is 19.8. The van der Waals surface area contributed by atoms with Crippen molar-refractivity contribution in [3.63, 3.8) is 0 Å². The van der Waals surface area contributed by atoms with Gasteiger partial charge in [-0.25, -0.2) is 4.98 Å². The lowest BCUT2D eigenvalue weighted by Gasteiger charge is -2.22. The minimum absolute atomic E-state index is 0.133. The Balaban J connectivity index is 1.68. The van der Waals surface area contributed by atoms with E-state index in [2.05, 4.69) is 4.90 Å². The summed E-state index contributed by atoms with van der Waals surface area (Å²) in [5.74, 6) is 1.84. The number of fused-ring (bicyclic) bond motifs is 1. The van der Waals surface area contributed by atoms with Crippen LogP contribution in [0.15, 0.2) is 72.8 Å². The monoisotopic (exact) mass is 461 g/mol. The molecule has 4 aromatic rings. The topological polar surface area (TPSA) is 54.9 Å². The van der Waals surface area contributed by atoms with Gasteiger partial charge in [-0.05, 0) is 69.5 Å². The number of hydrogen-bond acceptors (Lipinski definition) is 6. The number of benzene rings is 3. The molecule has 0 aliphatic heterocycles. The lowest BCUT2D eigenvalue weighted by molar-refractivity contribution is 0.0984. The van der Waals surface area contributed by atoms with Gasteiger partial charge in [0, 0.05) is 6.54 Å². The molecule has 0 atom stereocenters. The van der Waals surface area contributed by atoms with Crippen LogP contribution in [0, 0.1) is 0 Å². The van der Waals surface area contributed by atoms with Gasteiger partial charge in [0.1, 0.15) is 17.2 Å². The Bertz CT molecular complexity index is 1220. The Morgan fingerprint density at radius 2 is 1.70 bits per heavy atom. The Hall–Kier alpha value is -3.42. The molecule has 3 aromatic carbocycles. The molecule has 1 aromatic heterocycles. The number of carbonyl (C=O) groups excluding carboxylic acids is 1. The van der Waals surface area contributed by atoms with Crippen molar-refractivity contribution in [2.75, 3.05) is 39.2 Å². The Morgan fingerprint density at radius 3 is 2.45 bits per heavy atom. The number of rotatable bonds is 9. The van der Waals surface area contributed by atoms with Crippen LogP contribution in [-0.4, -0.2) is 50.1 Å². The van der Waals surface area contributed by atoms with E-state index in [9.17, 15) is 4.79 Å². The van der Waals surface area contributed by atoms with Gasteiger partial charge in [-0.3, -0.25) is 9.69 Å². The zero-order valence-electron chi connectivity index (χ0n) is 19.0. The van der Waals surface area contributed by atoms with Gasteiger partial charge < -0.3 is 14.4 Å². The van der Waals surface area contributed by atoms with Crippen molar-refractivity contribution < 1.29 is 14.3 Å². The average Bonchev–Trinajstić information content (AvgIpc) is 3.25. The van der Waals surface area contributed by atoms with Gasteiger partial charge in [0.05, 0.1) is 22.9 Å². The summed E-state index contributed by atoms with van der Waals surface area (Å²) in [5, 5.41) is 0.663. The highest BCUT2D eigenvalue weighted by atomic mass is 32.1. The van der Waals surface area contributed by atoms with Crippen LogP contribution in [0.2, 0.25) is 0 Å². The lowest BCUT2D eigenvalue weighted by atomic mass is 10.1. The van der Waals surface area contributed by atoms with Crippen LogP contribution in [0.3, 0.4) is 0 Å². The largest absolute Gasteiger partial charge is 0.497 e. The van der Waals surface area contributed by atoms with Gasteiger partial charge in [-0.2, -0.15) is 0 Å². The number of aromatic nitrogens is 1. The third-order valence-electron chi connectivity index (χ3n) is 5.14. The summed E-state index contributed by atoms with van der Waals surface area (Å²) in [4.78, 5) is 22.4. The number of hydrogen-bond donors (Lipinski definition) is 0. The van der Waals surface area contributed by atoms with E-state index in [1.54, 1.807) is 18.1 Å². The first-order valence-electron chi connectivity index (χ1n) is 10.8. The molecular formula is C26H27N3O3S. The maximum Gasteiger partial charge on any atom is 0.263 e. The lowest BCUT2D eigenvalue weighted by Crippen LogP contribution is -2.33. The maximum atomic E-state index is 13.8. The number of carbonyl (C=O) groups is 1. The minimum Gasteiger partial charge on any atom is -0.497 e. The molecule has 4 rings (SSSR count). The fourth-order valence-electron chi connectivity index (χ4n) is 3.46. The van der Waals surface area contributed by atoms with Crippen molar-refractivity contribution in [1.29, 1.82) is 0 Å². The van der Waals surface area contributed by atoms with Crippen LogP contribution >= 0.6 is 11.3 Å². The number of anilines is 1. The molecule has 1 heterocycles. The Labute approximate surface area is 198 Å². The molecule has 0 saturated carbocycles. The van der Waals surface area contributed by atoms with Crippen molar-refractivity contribution in [2.24, 2.45) is 0 Å². The standard InChI is InChI=1S/C26H27N3O3S/c1-28(2)16-9-17-29(26-27-22-15-14-20(31-3)18-24(22)33-26)25(30)21-12-7-8-13-23(21)32-19-10-5-4-6-11-19/h4-8,10-15,18H,9,16-17H2,1-3H3. The van der Waals surface area contributed by atoms with Crippen molar-refractivity contribution in [2.45, 2.75) is 6.42 Å². The molecule has 1 amide bonds. The molecule has 0 radical (unpaired) electrons. The highest BCUT2D eigenvalue weighted by Gasteiger charge is 2.24. The smallest absolute Gasteiger partial charge is 0.263 e. The first kappa shape index (κ1) is 22.8. The second kappa shape index (κ2) is 10.5. The van der Waals surface area contributed by atoms with Gasteiger partial charge in [-0.1, -0.05) is 41.7 Å². The fraction of sp³-hybridized carbons (Fsp3) is 0.231. The molecule has 6 nitrogen and oxygen atoms in total. The molecule has 7 heteroatoms. The summed E-state index contributed by atoms with van der Waals surface area (Å²) in [6, 6.07) is 22.6. The van der Waals surface area contributed by atoms with Crippen molar-refractivity contribution >= 4 is 32.6 Å². The van der Waals surface area contributed by atoms with Gasteiger partial charge >= 0.3 is 0 Å². The number of para-hydroxylation sites is 2. The van der Waals surface area contributed by atoms with E-state index in [-0.39, 0.29) is 5.91 Å². The maximum absolute atomic E-state index is 13.8. The third-order valence-corrected chi connectivity index (χ3v) is 6.18. The molecule has 0 aliphatic rings. The summed E-state index contributed by atoms with van der Waals surface area (Å²) in [5.41, 5.74) is 1.35. The number of methoxy groups -OCH3 is 1. The van der Waals surface area contributed by atoms with Gasteiger partial charge in [0.25, 0.3) is 5.91 Å². The first-order chi connectivity index (χ1) is 16.0. The van der Waals surface area contributed by atoms with Gasteiger partial charge in [0.15, 0.2) is 5.13 Å². The van der Waals surface area contributed by atoms with Crippen molar-refractivity contribution in [1.82, 2.24) is 9.88 Å². The Morgan fingerprint density at radius 1 is 0.939 bits per heavy atom. The minimum atomic E-state index is -0.133. The number of nitrogens with zero attached hydrogens (tertiary/aromatic N) is 3. The molecule has 0 unspecified atom stereocenters. The van der Waals surface area contributed by atoms with Crippen LogP contribution in [-0.2, 0) is 0 Å². The van der Waals surface area contributed by atoms with E-state index >= 15 is 0 Å². The molecule has 33 heavy (non-hydrogen) atoms. The second-order valence-corrected chi connectivity index (χ2v) is 8.86. The van der Waals surface area contributed by atoms with E-state index in [1.807, 2.05) is 80.8 Å². The third kappa shape index (κ3) is 5.50. The van der Waals surface area contributed by atoms with Gasteiger partial charge in [0.2, 0.25) is 0 Å². The van der Waals surface area contributed by atoms with Gasteiger partial charge in [-0.15, -0.1) is 0 Å². The van der Waals surface area contributed by atoms with E-state index in [4.69, 9.17) is 14.5 Å². The predicted molar refractivity (Wildman–Crippen MR) is 134 cm³/mol. The highest BCUT2D eigenvalue weighted by molar-refractivity contribution is 7.22. The molecule has 0 saturated heterocycles. The second-order valence-electron chi connectivity index (χ2n) is 7.85. The first-order valence-corrected chi connectivity index (χ1v) is 11.6. The molecule has 0 N–H and O–H groups in total. The summed E-state index contributed by atoms with van der Waals surface area (Å²) in [7, 11) is 5.70. The summed E-state index contributed by atoms with van der Waals surface area (Å²) >= 11 is 1.49. The molecular weight excluding hydrogens is 434 g/mol. The predicted octanol–water partition coefficient (Wildman–Crippen LogP) is 5.70. The van der Waals surface area contributed by atoms with E-state index in [0.717, 1.165) is 28.9 Å². The van der Waals surface area contributed by atoms with Crippen molar-refractivity contribution in [3.05, 3.63) is 78.4 Å². The number of thiazole rings is 1. The highest BCUT2D eigenvalue weighted by Crippen LogP contribution is 2.34. The Kier molecular flexibility index (Phi) is 7.22. The van der Waals surface area contributed by atoms with Crippen molar-refractivity contribution in [3.8, 4) is 17.2 Å². The SMILES string of the molecule is COc1ccc2nc(N(CCCN(C)C)C(=O)c3ccccc3Oc3ccccc3)sc2c1. The van der Waals surface area contributed by atoms with Crippen LogP contribution in [0.25, 0.3) is 10.2 Å². The molecule has 0 spiro atoms. The summed E-state index contributed by atoms with van der Waals surface area (Å²) in [6.07, 6.45) is 0.819. The van der Waals surface area contributed by atoms with Crippen LogP contribution < -0.4 is 14.4 Å². The quantitative estimate of drug-likeness (QED) is 0.320. The van der Waals surface area contributed by atoms with E-state index in [0.29, 0.717) is 28.7 Å². The fourth-order valence-corrected chi connectivity index (χ4v) is 4.48. The summed E-state index contributed by atoms with van der Waals surface area (Å²) in [6.45, 7) is 1.41. The van der Waals surface area contributed by atoms with Crippen LogP contribution in [0.5, 0.6) is 17.2 Å². The van der Waals surface area contributed by atoms with Crippen LogP contribution in [0.4, 0.5) is 5.13 Å². The molecule has 0 fully saturated rings. The van der Waals surface area contributed by atoms with E-state index < -0.39 is 0 Å².